The highest BCUT2D eigenvalue weighted by atomic mass is 32.2. The van der Waals surface area contributed by atoms with Crippen molar-refractivity contribution in [3.05, 3.63) is 60.0 Å². The fourth-order valence-corrected chi connectivity index (χ4v) is 3.94. The van der Waals surface area contributed by atoms with Gasteiger partial charge in [0.15, 0.2) is 11.5 Å². The quantitative estimate of drug-likeness (QED) is 0.720. The number of benzene rings is 2. The Balaban J connectivity index is 1.96. The number of rotatable bonds is 5. The first-order valence-corrected chi connectivity index (χ1v) is 8.86. The van der Waals surface area contributed by atoms with E-state index in [4.69, 9.17) is 4.42 Å². The molecule has 0 aliphatic carbocycles. The topological polar surface area (TPSA) is 63.4 Å². The molecule has 5 nitrogen and oxygen atoms in total. The third-order valence-electron chi connectivity index (χ3n) is 3.66. The van der Waals surface area contributed by atoms with E-state index in [1.165, 1.54) is 4.31 Å². The van der Waals surface area contributed by atoms with E-state index in [0.29, 0.717) is 30.1 Å². The number of fused-ring (bicyclic) bond motifs is 1. The van der Waals surface area contributed by atoms with E-state index >= 15 is 0 Å². The van der Waals surface area contributed by atoms with E-state index in [1.54, 1.807) is 25.1 Å². The van der Waals surface area contributed by atoms with Crippen LogP contribution in [-0.2, 0) is 16.6 Å². The first kappa shape index (κ1) is 15.7. The molecular weight excluding hydrogens is 312 g/mol. The molecule has 2 aromatic carbocycles. The number of aryl methyl sites for hydroxylation is 1. The minimum absolute atomic E-state index is 0.232. The van der Waals surface area contributed by atoms with Crippen LogP contribution in [0, 0.1) is 6.92 Å². The maximum Gasteiger partial charge on any atom is 0.243 e. The van der Waals surface area contributed by atoms with Crippen LogP contribution in [0.1, 0.15) is 18.4 Å². The van der Waals surface area contributed by atoms with Gasteiger partial charge in [-0.1, -0.05) is 37.3 Å². The monoisotopic (exact) mass is 330 g/mol. The van der Waals surface area contributed by atoms with Gasteiger partial charge in [0.25, 0.3) is 0 Å². The molecule has 6 heteroatoms. The van der Waals surface area contributed by atoms with Crippen molar-refractivity contribution in [2.45, 2.75) is 25.3 Å². The zero-order chi connectivity index (χ0) is 16.4. The predicted octanol–water partition coefficient (Wildman–Crippen LogP) is 3.35. The molecule has 0 N–H and O–H groups in total. The summed E-state index contributed by atoms with van der Waals surface area (Å²) < 4.78 is 32.6. The largest absolute Gasteiger partial charge is 0.441 e. The molecule has 3 rings (SSSR count). The fraction of sp³-hybridized carbons (Fsp3) is 0.235. The van der Waals surface area contributed by atoms with Crippen molar-refractivity contribution in [3.8, 4) is 0 Å². The van der Waals surface area contributed by atoms with E-state index in [9.17, 15) is 8.42 Å². The Morgan fingerprint density at radius 2 is 1.87 bits per heavy atom. The van der Waals surface area contributed by atoms with Crippen LogP contribution in [0.25, 0.3) is 11.1 Å². The number of hydrogen-bond acceptors (Lipinski definition) is 4. The van der Waals surface area contributed by atoms with Crippen LogP contribution >= 0.6 is 0 Å². The summed E-state index contributed by atoms with van der Waals surface area (Å²) in [5.41, 5.74) is 2.10. The molecule has 0 aliphatic rings. The summed E-state index contributed by atoms with van der Waals surface area (Å²) in [6.45, 7) is 4.31. The average Bonchev–Trinajstić information content (AvgIpc) is 2.92. The standard InChI is InChI=1S/C17H18N2O3S/c1-3-19(12-14-7-5-4-6-8-14)23(20,21)15-9-10-17-16(11-15)18-13(2)22-17/h4-11H,3,12H2,1-2H3. The van der Waals surface area contributed by atoms with Gasteiger partial charge in [-0.25, -0.2) is 13.4 Å². The van der Waals surface area contributed by atoms with Crippen LogP contribution in [0.4, 0.5) is 0 Å². The molecule has 0 unspecified atom stereocenters. The molecule has 120 valence electrons. The lowest BCUT2D eigenvalue weighted by molar-refractivity contribution is 0.423. The van der Waals surface area contributed by atoms with Crippen LogP contribution < -0.4 is 0 Å². The summed E-state index contributed by atoms with van der Waals surface area (Å²) in [6, 6.07) is 14.3. The van der Waals surface area contributed by atoms with Crippen molar-refractivity contribution >= 4 is 21.1 Å². The highest BCUT2D eigenvalue weighted by Crippen LogP contribution is 2.23. The van der Waals surface area contributed by atoms with Gasteiger partial charge in [0.2, 0.25) is 10.0 Å². The highest BCUT2D eigenvalue weighted by molar-refractivity contribution is 7.89. The SMILES string of the molecule is CCN(Cc1ccccc1)S(=O)(=O)c1ccc2oc(C)nc2c1. The fourth-order valence-electron chi connectivity index (χ4n) is 2.49. The molecule has 3 aromatic rings. The van der Waals surface area contributed by atoms with Crippen molar-refractivity contribution in [3.63, 3.8) is 0 Å². The minimum atomic E-state index is -3.58. The third-order valence-corrected chi connectivity index (χ3v) is 5.57. The van der Waals surface area contributed by atoms with Crippen molar-refractivity contribution in [2.75, 3.05) is 6.54 Å². The lowest BCUT2D eigenvalue weighted by Crippen LogP contribution is -2.30. The van der Waals surface area contributed by atoms with Crippen LogP contribution in [0.5, 0.6) is 0 Å². The smallest absolute Gasteiger partial charge is 0.243 e. The van der Waals surface area contributed by atoms with E-state index in [-0.39, 0.29) is 4.90 Å². The zero-order valence-electron chi connectivity index (χ0n) is 13.1. The first-order chi connectivity index (χ1) is 11.0. The van der Waals surface area contributed by atoms with Crippen molar-refractivity contribution in [1.29, 1.82) is 0 Å². The summed E-state index contributed by atoms with van der Waals surface area (Å²) in [6.07, 6.45) is 0. The Labute approximate surface area is 135 Å². The first-order valence-electron chi connectivity index (χ1n) is 7.42. The molecule has 0 radical (unpaired) electrons. The van der Waals surface area contributed by atoms with Gasteiger partial charge >= 0.3 is 0 Å². The Bertz CT molecular complexity index is 917. The van der Waals surface area contributed by atoms with Crippen LogP contribution in [0.15, 0.2) is 57.8 Å². The Kier molecular flexibility index (Phi) is 4.19. The van der Waals surface area contributed by atoms with Gasteiger partial charge in [-0.2, -0.15) is 4.31 Å². The molecule has 0 bridgehead atoms. The summed E-state index contributed by atoms with van der Waals surface area (Å²) in [7, 11) is -3.58. The molecule has 0 atom stereocenters. The average molecular weight is 330 g/mol. The number of nitrogens with zero attached hydrogens (tertiary/aromatic N) is 2. The number of oxazole rings is 1. The Morgan fingerprint density at radius 1 is 1.13 bits per heavy atom. The molecule has 0 aliphatic heterocycles. The molecule has 0 amide bonds. The van der Waals surface area contributed by atoms with E-state index in [1.807, 2.05) is 37.3 Å². The third kappa shape index (κ3) is 3.13. The van der Waals surface area contributed by atoms with Gasteiger partial charge in [-0.15, -0.1) is 0 Å². The Hall–Kier alpha value is -2.18. The van der Waals surface area contributed by atoms with E-state index < -0.39 is 10.0 Å². The molecule has 0 spiro atoms. The van der Waals surface area contributed by atoms with Gasteiger partial charge in [-0.3, -0.25) is 0 Å². The molecule has 23 heavy (non-hydrogen) atoms. The van der Waals surface area contributed by atoms with Gasteiger partial charge in [0, 0.05) is 20.0 Å². The second-order valence-electron chi connectivity index (χ2n) is 5.28. The number of hydrogen-bond donors (Lipinski definition) is 0. The predicted molar refractivity (Wildman–Crippen MR) is 88.5 cm³/mol. The summed E-state index contributed by atoms with van der Waals surface area (Å²) in [5.74, 6) is 0.520. The van der Waals surface area contributed by atoms with Crippen LogP contribution in [0.2, 0.25) is 0 Å². The van der Waals surface area contributed by atoms with Crippen molar-refractivity contribution < 1.29 is 12.8 Å². The molecule has 1 aromatic heterocycles. The lowest BCUT2D eigenvalue weighted by atomic mass is 10.2. The molecule has 1 heterocycles. The lowest BCUT2D eigenvalue weighted by Gasteiger charge is -2.20. The maximum atomic E-state index is 12.9. The zero-order valence-corrected chi connectivity index (χ0v) is 13.9. The number of aromatic nitrogens is 1. The van der Waals surface area contributed by atoms with Crippen LogP contribution in [-0.4, -0.2) is 24.3 Å². The second-order valence-corrected chi connectivity index (χ2v) is 7.22. The van der Waals surface area contributed by atoms with Crippen LogP contribution in [0.3, 0.4) is 0 Å². The molecular formula is C17H18N2O3S. The van der Waals surface area contributed by atoms with E-state index in [2.05, 4.69) is 4.98 Å². The summed E-state index contributed by atoms with van der Waals surface area (Å²) >= 11 is 0. The molecule has 0 saturated heterocycles. The van der Waals surface area contributed by atoms with Gasteiger partial charge < -0.3 is 4.42 Å². The molecule has 0 saturated carbocycles. The highest BCUT2D eigenvalue weighted by Gasteiger charge is 2.24. The maximum absolute atomic E-state index is 12.9. The normalized spacial score (nSPS) is 12.1. The summed E-state index contributed by atoms with van der Waals surface area (Å²) in [4.78, 5) is 4.44. The minimum Gasteiger partial charge on any atom is -0.441 e. The molecule has 0 fully saturated rings. The van der Waals surface area contributed by atoms with Gasteiger partial charge in [0.1, 0.15) is 5.52 Å². The second kappa shape index (κ2) is 6.14. The van der Waals surface area contributed by atoms with Crippen molar-refractivity contribution in [1.82, 2.24) is 9.29 Å². The van der Waals surface area contributed by atoms with Gasteiger partial charge in [-0.05, 0) is 23.8 Å². The Morgan fingerprint density at radius 3 is 2.57 bits per heavy atom. The summed E-state index contributed by atoms with van der Waals surface area (Å²) in [5, 5.41) is 0. The van der Waals surface area contributed by atoms with Gasteiger partial charge in [0.05, 0.1) is 4.90 Å². The van der Waals surface area contributed by atoms with E-state index in [0.717, 1.165) is 5.56 Å². The number of sulfonamides is 1. The van der Waals surface area contributed by atoms with Crippen molar-refractivity contribution in [2.24, 2.45) is 0 Å².